The van der Waals surface area contributed by atoms with Crippen LogP contribution in [0.2, 0.25) is 0 Å². The summed E-state index contributed by atoms with van der Waals surface area (Å²) < 4.78 is 0. The number of nitrogens with zero attached hydrogens (tertiary/aromatic N) is 2. The molecule has 0 aliphatic carbocycles. The zero-order valence-corrected chi connectivity index (χ0v) is 51.5. The van der Waals surface area contributed by atoms with E-state index in [-0.39, 0.29) is 133 Å². The largest absolute Gasteiger partial charge is 0.508 e. The highest BCUT2D eigenvalue weighted by Crippen LogP contribution is 2.24. The van der Waals surface area contributed by atoms with Gasteiger partial charge in [-0.05, 0) is 92.2 Å². The number of unbranched alkanes of at least 4 members (excludes halogenated alkanes) is 5. The molecule has 4 atom stereocenters. The zero-order chi connectivity index (χ0) is 66.5. The van der Waals surface area contributed by atoms with E-state index in [4.69, 9.17) is 5.11 Å². The van der Waals surface area contributed by atoms with Crippen molar-refractivity contribution in [3.8, 4) is 11.5 Å². The van der Waals surface area contributed by atoms with E-state index in [1.54, 1.807) is 34.1 Å². The molecule has 0 aliphatic rings. The smallest absolute Gasteiger partial charge is 0.326 e. The molecule has 91 heavy (non-hydrogen) atoms. The topological polar surface area (TPSA) is 403 Å². The molecule has 4 aromatic rings. The SMILES string of the molecule is CCc1ccc(CN(CCN(CC(=O)O)Cc2ccc(CCC(=O)NCCNC(Cc3ccccc3)C(=O)NC(Cc3ccccc3)C(=O)NCCCCCCCC(=O)NCCCCC(NC(=O)NC(CCC(=O)O)C(=O)O)C(=O)O)cc2O)CC(=O)O)c(O)c1. The van der Waals surface area contributed by atoms with E-state index in [1.807, 2.05) is 73.7 Å². The number of carboxylic acids is 5. The lowest BCUT2D eigenvalue weighted by Crippen LogP contribution is -2.55. The van der Waals surface area contributed by atoms with Crippen molar-refractivity contribution in [3.05, 3.63) is 130 Å². The molecule has 496 valence electrons. The van der Waals surface area contributed by atoms with Gasteiger partial charge in [-0.15, -0.1) is 0 Å². The molecule has 4 unspecified atom stereocenters. The second kappa shape index (κ2) is 41.2. The molecule has 0 spiro atoms. The Bertz CT molecular complexity index is 2990. The average Bonchev–Trinajstić information content (AvgIpc) is 2.86. The summed E-state index contributed by atoms with van der Waals surface area (Å²) >= 11 is 0. The number of carboxylic acid groups (broad SMARTS) is 5. The third kappa shape index (κ3) is 30.8. The summed E-state index contributed by atoms with van der Waals surface area (Å²) in [6.07, 6.45) is 5.30. The van der Waals surface area contributed by atoms with E-state index < -0.39 is 72.4 Å². The van der Waals surface area contributed by atoms with Crippen molar-refractivity contribution in [2.24, 2.45) is 0 Å². The van der Waals surface area contributed by atoms with E-state index >= 15 is 0 Å². The number of phenolic OH excluding ortho intramolecular Hbond substituents is 2. The van der Waals surface area contributed by atoms with Gasteiger partial charge in [0.25, 0.3) is 0 Å². The third-order valence-electron chi connectivity index (χ3n) is 14.9. The fourth-order valence-corrected chi connectivity index (χ4v) is 9.88. The fourth-order valence-electron chi connectivity index (χ4n) is 9.88. The molecule has 0 heterocycles. The molecule has 0 aliphatic heterocycles. The molecule has 26 nitrogen and oxygen atoms in total. The molecule has 0 saturated carbocycles. The lowest BCUT2D eigenvalue weighted by atomic mass is 10.0. The normalized spacial score (nSPS) is 12.4. The number of urea groups is 1. The minimum Gasteiger partial charge on any atom is -0.508 e. The van der Waals surface area contributed by atoms with Gasteiger partial charge in [0.2, 0.25) is 23.6 Å². The number of phenols is 2. The Morgan fingerprint density at radius 3 is 1.48 bits per heavy atom. The molecule has 0 aromatic heterocycles. The monoisotopic (exact) mass is 1270 g/mol. The van der Waals surface area contributed by atoms with Gasteiger partial charge in [0.05, 0.1) is 19.1 Å². The number of rotatable bonds is 46. The van der Waals surface area contributed by atoms with Crippen LogP contribution in [-0.2, 0) is 81.9 Å². The van der Waals surface area contributed by atoms with Crippen LogP contribution in [0.1, 0.15) is 117 Å². The van der Waals surface area contributed by atoms with Crippen molar-refractivity contribution in [1.29, 1.82) is 0 Å². The first-order chi connectivity index (χ1) is 43.6. The van der Waals surface area contributed by atoms with Crippen molar-refractivity contribution in [3.63, 3.8) is 0 Å². The van der Waals surface area contributed by atoms with Gasteiger partial charge in [-0.1, -0.05) is 111 Å². The molecule has 4 rings (SSSR count). The Hall–Kier alpha value is -9.14. The van der Waals surface area contributed by atoms with Crippen LogP contribution in [0, 0.1) is 0 Å². The lowest BCUT2D eigenvalue weighted by molar-refractivity contribution is -0.141. The maximum absolute atomic E-state index is 14.1. The van der Waals surface area contributed by atoms with Crippen molar-refractivity contribution < 1.29 is 83.7 Å². The van der Waals surface area contributed by atoms with Crippen LogP contribution in [0.4, 0.5) is 4.79 Å². The second-order valence-corrected chi connectivity index (χ2v) is 22.3. The van der Waals surface area contributed by atoms with Crippen LogP contribution < -0.4 is 37.2 Å². The van der Waals surface area contributed by atoms with Crippen LogP contribution in [0.5, 0.6) is 11.5 Å². The van der Waals surface area contributed by atoms with Gasteiger partial charge in [-0.25, -0.2) is 14.4 Å². The Kier molecular flexibility index (Phi) is 33.7. The Morgan fingerprint density at radius 2 is 0.934 bits per heavy atom. The molecule has 0 fully saturated rings. The minimum atomic E-state index is -1.52. The van der Waals surface area contributed by atoms with Gasteiger partial charge in [0.15, 0.2) is 0 Å². The second-order valence-electron chi connectivity index (χ2n) is 22.3. The van der Waals surface area contributed by atoms with Crippen molar-refractivity contribution in [1.82, 2.24) is 47.0 Å². The van der Waals surface area contributed by atoms with Gasteiger partial charge in [0.1, 0.15) is 29.6 Å². The number of carbonyl (C=O) groups is 10. The van der Waals surface area contributed by atoms with Gasteiger partial charge >= 0.3 is 35.9 Å². The quantitative estimate of drug-likeness (QED) is 0.0279. The van der Waals surface area contributed by atoms with Gasteiger partial charge in [0, 0.05) is 89.2 Å². The number of aromatic hydroxyl groups is 2. The molecule has 4 aromatic carbocycles. The van der Waals surface area contributed by atoms with Crippen LogP contribution in [-0.4, -0.2) is 182 Å². The standard InChI is InChI=1S/C65H89N9O17/c1-2-44-22-25-48(54(75)38-44)40-73(42-59(81)82)34-35-74(43-60(83)84)41-49-26-23-47(39-55(49)76)24-28-57(78)68-33-32-66-52(36-45-16-8-6-9-17-45)62(86)70-53(37-46-18-10-7-11-19-46)61(85)69-31-14-5-3-4-12-21-56(77)67-30-15-13-20-50(63(87)88)71-65(91)72-51(64(89)90)27-29-58(79)80/h6-11,16-19,22-23,25-26,38-39,50-53,66,75-76H,2-5,12-15,20-21,24,27-37,40-43H2,1H3,(H,67,77)(H,68,78)(H,69,85)(H,70,86)(H,79,80)(H,81,82)(H,83,84)(H,87,88)(H,89,90)(H2,71,72,91). The predicted molar refractivity (Wildman–Crippen MR) is 336 cm³/mol. The lowest BCUT2D eigenvalue weighted by Gasteiger charge is -2.26. The molecule has 14 N–H and O–H groups in total. The summed E-state index contributed by atoms with van der Waals surface area (Å²) in [4.78, 5) is 126. The number of carbonyl (C=O) groups excluding carboxylic acids is 5. The summed E-state index contributed by atoms with van der Waals surface area (Å²) in [7, 11) is 0. The summed E-state index contributed by atoms with van der Waals surface area (Å²) in [6, 6.07) is 23.2. The molecule has 0 bridgehead atoms. The third-order valence-corrected chi connectivity index (χ3v) is 14.9. The number of aryl methyl sites for hydroxylation is 2. The Balaban J connectivity index is 1.20. The summed E-state index contributed by atoms with van der Waals surface area (Å²) in [5.74, 6) is -7.52. The highest BCUT2D eigenvalue weighted by Gasteiger charge is 2.28. The van der Waals surface area contributed by atoms with Crippen molar-refractivity contribution in [2.75, 3.05) is 52.4 Å². The van der Waals surface area contributed by atoms with Gasteiger partial charge < -0.3 is 73.0 Å². The number of amides is 6. The van der Waals surface area contributed by atoms with Gasteiger partial charge in [-0.3, -0.25) is 43.4 Å². The highest BCUT2D eigenvalue weighted by atomic mass is 16.4. The molecule has 26 heteroatoms. The van der Waals surface area contributed by atoms with Crippen LogP contribution in [0.25, 0.3) is 0 Å². The van der Waals surface area contributed by atoms with E-state index in [2.05, 4.69) is 37.2 Å². The van der Waals surface area contributed by atoms with E-state index in [0.717, 1.165) is 36.0 Å². The maximum Gasteiger partial charge on any atom is 0.326 e. The summed E-state index contributed by atoms with van der Waals surface area (Å²) in [5, 5.41) is 87.6. The zero-order valence-electron chi connectivity index (χ0n) is 51.5. The predicted octanol–water partition coefficient (Wildman–Crippen LogP) is 3.92. The van der Waals surface area contributed by atoms with Crippen LogP contribution in [0.3, 0.4) is 0 Å². The first-order valence-electron chi connectivity index (χ1n) is 30.8. The Labute approximate surface area is 529 Å². The van der Waals surface area contributed by atoms with Gasteiger partial charge in [-0.2, -0.15) is 0 Å². The summed E-state index contributed by atoms with van der Waals surface area (Å²) in [6.45, 7) is 2.69. The molecular weight excluding hydrogens is 1180 g/mol. The van der Waals surface area contributed by atoms with E-state index in [1.165, 1.54) is 6.07 Å². The molecular formula is C65H89N9O17. The number of hydrogen-bond donors (Lipinski definition) is 14. The Morgan fingerprint density at radius 1 is 0.440 bits per heavy atom. The highest BCUT2D eigenvalue weighted by molar-refractivity contribution is 5.90. The minimum absolute atomic E-state index is 0.00332. The van der Waals surface area contributed by atoms with Crippen molar-refractivity contribution >= 4 is 59.5 Å². The molecule has 0 saturated heterocycles. The molecule has 6 amide bonds. The molecule has 0 radical (unpaired) electrons. The van der Waals surface area contributed by atoms with Crippen LogP contribution in [0.15, 0.2) is 97.1 Å². The number of hydrogen-bond acceptors (Lipinski definition) is 15. The average molecular weight is 1270 g/mol. The number of benzene rings is 4. The maximum atomic E-state index is 14.1. The number of aliphatic carboxylic acids is 5. The van der Waals surface area contributed by atoms with E-state index in [9.17, 15) is 78.6 Å². The summed E-state index contributed by atoms with van der Waals surface area (Å²) in [5.41, 5.74) is 4.26. The first kappa shape index (κ1) is 74.3. The van der Waals surface area contributed by atoms with Crippen LogP contribution >= 0.6 is 0 Å². The number of nitrogens with one attached hydrogen (secondary N) is 7. The first-order valence-corrected chi connectivity index (χ1v) is 30.8. The van der Waals surface area contributed by atoms with E-state index in [0.29, 0.717) is 55.3 Å². The fraction of sp³-hybridized carbons (Fsp3) is 0.477. The van der Waals surface area contributed by atoms with Crippen molar-refractivity contribution in [2.45, 2.75) is 147 Å².